The maximum absolute atomic E-state index is 13.5. The van der Waals surface area contributed by atoms with Crippen LogP contribution in [0.4, 0.5) is 5.13 Å². The highest BCUT2D eigenvalue weighted by molar-refractivity contribution is 7.22. The number of imidazole rings is 1. The lowest BCUT2D eigenvalue weighted by Crippen LogP contribution is -2.29. The molecule has 2 aromatic carbocycles. The van der Waals surface area contributed by atoms with Crippen LogP contribution in [0.2, 0.25) is 0 Å². The minimum absolute atomic E-state index is 0.0328. The second-order valence-electron chi connectivity index (χ2n) is 8.57. The highest BCUT2D eigenvalue weighted by atomic mass is 32.1. The number of rotatable bonds is 4. The quantitative estimate of drug-likeness (QED) is 0.205. The van der Waals surface area contributed by atoms with Crippen LogP contribution in [0.3, 0.4) is 0 Å². The molecular formula is C27H20N4O5S. The van der Waals surface area contributed by atoms with E-state index in [1.807, 2.05) is 12.1 Å². The molecule has 1 fully saturated rings. The summed E-state index contributed by atoms with van der Waals surface area (Å²) in [6.07, 6.45) is 1.73. The molecule has 1 saturated heterocycles. The van der Waals surface area contributed by atoms with Gasteiger partial charge in [0.2, 0.25) is 0 Å². The SMILES string of the molecule is COc1ccc2nc(N3C(=O)C(=O)/C(=C(/O)c4c(C)nc5ccccn45)C3c3ccc(O)cc3)sc2c1. The zero-order chi connectivity index (χ0) is 25.8. The molecule has 184 valence electrons. The number of pyridine rings is 1. The molecule has 10 heteroatoms. The lowest BCUT2D eigenvalue weighted by molar-refractivity contribution is -0.132. The van der Waals surface area contributed by atoms with E-state index < -0.39 is 17.7 Å². The zero-order valence-electron chi connectivity index (χ0n) is 19.7. The molecule has 3 aromatic heterocycles. The number of aliphatic hydroxyl groups is 1. The fraction of sp³-hybridized carbons (Fsp3) is 0.111. The number of aromatic nitrogens is 3. The molecule has 0 radical (unpaired) electrons. The Bertz CT molecular complexity index is 1750. The van der Waals surface area contributed by atoms with Crippen LogP contribution in [0.5, 0.6) is 11.5 Å². The van der Waals surface area contributed by atoms with Crippen molar-refractivity contribution in [1.82, 2.24) is 14.4 Å². The molecule has 1 unspecified atom stereocenters. The van der Waals surface area contributed by atoms with Gasteiger partial charge in [-0.05, 0) is 55.0 Å². The minimum atomic E-state index is -0.975. The highest BCUT2D eigenvalue weighted by Gasteiger charge is 2.48. The van der Waals surface area contributed by atoms with Gasteiger partial charge in [-0.3, -0.25) is 18.9 Å². The van der Waals surface area contributed by atoms with Crippen molar-refractivity contribution >= 4 is 49.8 Å². The molecule has 2 N–H and O–H groups in total. The van der Waals surface area contributed by atoms with Gasteiger partial charge in [-0.15, -0.1) is 0 Å². The molecule has 0 saturated carbocycles. The Morgan fingerprint density at radius 3 is 2.59 bits per heavy atom. The van der Waals surface area contributed by atoms with Gasteiger partial charge in [-0.25, -0.2) is 9.97 Å². The van der Waals surface area contributed by atoms with E-state index in [1.165, 1.54) is 28.4 Å². The van der Waals surface area contributed by atoms with Gasteiger partial charge in [0, 0.05) is 6.20 Å². The van der Waals surface area contributed by atoms with E-state index in [1.54, 1.807) is 61.0 Å². The van der Waals surface area contributed by atoms with Gasteiger partial charge in [0.25, 0.3) is 5.78 Å². The fourth-order valence-corrected chi connectivity index (χ4v) is 5.67. The van der Waals surface area contributed by atoms with Gasteiger partial charge < -0.3 is 14.9 Å². The summed E-state index contributed by atoms with van der Waals surface area (Å²) in [7, 11) is 1.56. The Morgan fingerprint density at radius 2 is 1.84 bits per heavy atom. The van der Waals surface area contributed by atoms with Crippen molar-refractivity contribution in [2.75, 3.05) is 12.0 Å². The van der Waals surface area contributed by atoms with E-state index in [0.717, 1.165) is 4.70 Å². The van der Waals surface area contributed by atoms with Gasteiger partial charge in [0.05, 0.1) is 34.6 Å². The summed E-state index contributed by atoms with van der Waals surface area (Å²) in [4.78, 5) is 37.4. The van der Waals surface area contributed by atoms with Gasteiger partial charge >= 0.3 is 5.91 Å². The summed E-state index contributed by atoms with van der Waals surface area (Å²) in [6, 6.07) is 16.0. The lowest BCUT2D eigenvalue weighted by atomic mass is 9.96. The van der Waals surface area contributed by atoms with Gasteiger partial charge in [-0.2, -0.15) is 0 Å². The second-order valence-corrected chi connectivity index (χ2v) is 9.57. The number of aryl methyl sites for hydroxylation is 1. The molecule has 0 bridgehead atoms. The zero-order valence-corrected chi connectivity index (χ0v) is 20.6. The van der Waals surface area contributed by atoms with Crippen LogP contribution < -0.4 is 9.64 Å². The Labute approximate surface area is 214 Å². The van der Waals surface area contributed by atoms with Crippen LogP contribution in [0, 0.1) is 6.92 Å². The smallest absolute Gasteiger partial charge is 0.301 e. The third-order valence-corrected chi connectivity index (χ3v) is 7.39. The number of carbonyl (C=O) groups is 2. The number of carbonyl (C=O) groups excluding carboxylic acids is 2. The number of nitrogens with zero attached hydrogens (tertiary/aromatic N) is 4. The largest absolute Gasteiger partial charge is 0.508 e. The monoisotopic (exact) mass is 512 g/mol. The molecule has 4 heterocycles. The fourth-order valence-electron chi connectivity index (χ4n) is 4.65. The molecule has 0 aliphatic carbocycles. The van der Waals surface area contributed by atoms with Gasteiger partial charge in [-0.1, -0.05) is 29.5 Å². The molecule has 1 atom stereocenters. The maximum Gasteiger partial charge on any atom is 0.301 e. The first-order chi connectivity index (χ1) is 17.9. The number of aromatic hydroxyl groups is 1. The first-order valence-electron chi connectivity index (χ1n) is 11.4. The van der Waals surface area contributed by atoms with E-state index in [-0.39, 0.29) is 17.1 Å². The number of phenolic OH excluding ortho intramolecular Hbond substituents is 1. The number of fused-ring (bicyclic) bond motifs is 2. The van der Waals surface area contributed by atoms with E-state index >= 15 is 0 Å². The summed E-state index contributed by atoms with van der Waals surface area (Å²) < 4.78 is 7.76. The average molecular weight is 513 g/mol. The Hall–Kier alpha value is -4.70. The Balaban J connectivity index is 1.59. The lowest BCUT2D eigenvalue weighted by Gasteiger charge is -2.23. The molecule has 6 rings (SSSR count). The van der Waals surface area contributed by atoms with Crippen LogP contribution in [-0.2, 0) is 9.59 Å². The van der Waals surface area contributed by atoms with Crippen molar-refractivity contribution < 1.29 is 24.5 Å². The number of Topliss-reactive ketones (excluding diaryl/α,β-unsaturated/α-hetero) is 1. The number of amides is 1. The van der Waals surface area contributed by atoms with Crippen molar-refractivity contribution in [3.05, 3.63) is 89.4 Å². The number of methoxy groups -OCH3 is 1. The van der Waals surface area contributed by atoms with E-state index in [0.29, 0.717) is 39.0 Å². The van der Waals surface area contributed by atoms with Crippen molar-refractivity contribution in [1.29, 1.82) is 0 Å². The summed E-state index contributed by atoms with van der Waals surface area (Å²) in [5.41, 5.74) is 2.52. The predicted octanol–water partition coefficient (Wildman–Crippen LogP) is 4.59. The van der Waals surface area contributed by atoms with Crippen molar-refractivity contribution in [2.24, 2.45) is 0 Å². The maximum atomic E-state index is 13.5. The average Bonchev–Trinajstić information content (AvgIpc) is 3.54. The Kier molecular flexibility index (Phi) is 5.20. The van der Waals surface area contributed by atoms with Gasteiger partial charge in [0.15, 0.2) is 10.9 Å². The summed E-state index contributed by atoms with van der Waals surface area (Å²) in [5, 5.41) is 21.7. The predicted molar refractivity (Wildman–Crippen MR) is 139 cm³/mol. The van der Waals surface area contributed by atoms with Crippen LogP contribution in [0.25, 0.3) is 21.6 Å². The van der Waals surface area contributed by atoms with Crippen LogP contribution in [0.15, 0.2) is 72.4 Å². The third-order valence-electron chi connectivity index (χ3n) is 6.37. The number of ketones is 1. The summed E-state index contributed by atoms with van der Waals surface area (Å²) >= 11 is 1.24. The number of benzene rings is 2. The van der Waals surface area contributed by atoms with Gasteiger partial charge in [0.1, 0.15) is 22.8 Å². The topological polar surface area (TPSA) is 117 Å². The summed E-state index contributed by atoms with van der Waals surface area (Å²) in [6.45, 7) is 1.73. The van der Waals surface area contributed by atoms with Crippen molar-refractivity contribution in [2.45, 2.75) is 13.0 Å². The number of hydrogen-bond acceptors (Lipinski definition) is 8. The molecule has 37 heavy (non-hydrogen) atoms. The molecule has 0 spiro atoms. The number of anilines is 1. The number of hydrogen-bond donors (Lipinski definition) is 2. The third kappa shape index (κ3) is 3.53. The molecular weight excluding hydrogens is 492 g/mol. The number of ether oxygens (including phenoxy) is 1. The van der Waals surface area contributed by atoms with E-state index in [9.17, 15) is 19.8 Å². The molecule has 5 aromatic rings. The van der Waals surface area contributed by atoms with Crippen LogP contribution in [-0.4, -0.2) is 43.4 Å². The second kappa shape index (κ2) is 8.45. The van der Waals surface area contributed by atoms with Crippen molar-refractivity contribution in [3.63, 3.8) is 0 Å². The van der Waals surface area contributed by atoms with E-state index in [4.69, 9.17) is 4.74 Å². The first kappa shape index (κ1) is 22.7. The van der Waals surface area contributed by atoms with Crippen LogP contribution in [0.1, 0.15) is 23.0 Å². The highest BCUT2D eigenvalue weighted by Crippen LogP contribution is 2.45. The normalized spacial score (nSPS) is 17.2. The Morgan fingerprint density at radius 1 is 1.05 bits per heavy atom. The number of phenols is 1. The summed E-state index contributed by atoms with van der Waals surface area (Å²) in [5.74, 6) is -1.30. The van der Waals surface area contributed by atoms with Crippen LogP contribution >= 0.6 is 11.3 Å². The molecule has 1 amide bonds. The number of aliphatic hydroxyl groups excluding tert-OH is 1. The first-order valence-corrected chi connectivity index (χ1v) is 12.2. The standard InChI is InChI=1S/C27H20N4O5S/c1-14-22(30-12-4-3-5-20(30)28-14)24(33)21-23(15-6-8-16(32)9-7-15)31(26(35)25(21)34)27-29-18-11-10-17(36-2)13-19(18)37-27/h3-13,23,32-33H,1-2H3/b24-21+. The molecule has 9 nitrogen and oxygen atoms in total. The molecule has 1 aliphatic rings. The number of thiazole rings is 1. The minimum Gasteiger partial charge on any atom is -0.508 e. The van der Waals surface area contributed by atoms with E-state index in [2.05, 4.69) is 9.97 Å². The van der Waals surface area contributed by atoms with Crippen molar-refractivity contribution in [3.8, 4) is 11.5 Å². The molecule has 1 aliphatic heterocycles.